The van der Waals surface area contributed by atoms with Gasteiger partial charge in [-0.1, -0.05) is 30.3 Å². The standard InChI is InChI=1S/C15H17NO2/c1-16(2)13(11-12-7-4-3-5-8-12)15(17)14-9-6-10-18-14/h3-10,13H,11H2,1-2H3/t13-/m1/s1. The summed E-state index contributed by atoms with van der Waals surface area (Å²) in [7, 11) is 3.82. The van der Waals surface area contributed by atoms with Crippen molar-refractivity contribution in [3.05, 3.63) is 60.1 Å². The van der Waals surface area contributed by atoms with Crippen molar-refractivity contribution in [2.75, 3.05) is 14.1 Å². The van der Waals surface area contributed by atoms with Crippen LogP contribution in [0.2, 0.25) is 0 Å². The predicted molar refractivity (Wildman–Crippen MR) is 70.7 cm³/mol. The van der Waals surface area contributed by atoms with Crippen LogP contribution < -0.4 is 0 Å². The Morgan fingerprint density at radius 1 is 1.17 bits per heavy atom. The molecule has 0 saturated carbocycles. The molecule has 0 amide bonds. The summed E-state index contributed by atoms with van der Waals surface area (Å²) in [5, 5.41) is 0. The first-order chi connectivity index (χ1) is 8.68. The van der Waals surface area contributed by atoms with Crippen LogP contribution in [0, 0.1) is 0 Å². The first-order valence-corrected chi connectivity index (χ1v) is 5.96. The Hall–Kier alpha value is -1.87. The third-order valence-corrected chi connectivity index (χ3v) is 2.96. The molecule has 0 N–H and O–H groups in total. The maximum atomic E-state index is 12.3. The van der Waals surface area contributed by atoms with Crippen LogP contribution in [-0.2, 0) is 6.42 Å². The number of benzene rings is 1. The molecule has 0 aliphatic rings. The largest absolute Gasteiger partial charge is 0.461 e. The molecule has 0 bridgehead atoms. The molecule has 94 valence electrons. The lowest BCUT2D eigenvalue weighted by Gasteiger charge is -2.22. The van der Waals surface area contributed by atoms with Crippen molar-refractivity contribution in [3.63, 3.8) is 0 Å². The summed E-state index contributed by atoms with van der Waals surface area (Å²) < 4.78 is 5.19. The summed E-state index contributed by atoms with van der Waals surface area (Å²) in [6.45, 7) is 0. The Morgan fingerprint density at radius 3 is 2.44 bits per heavy atom. The first-order valence-electron chi connectivity index (χ1n) is 5.96. The highest BCUT2D eigenvalue weighted by Crippen LogP contribution is 2.13. The second kappa shape index (κ2) is 5.65. The third kappa shape index (κ3) is 2.87. The summed E-state index contributed by atoms with van der Waals surface area (Å²) in [5.41, 5.74) is 1.15. The van der Waals surface area contributed by atoms with Crippen LogP contribution in [0.3, 0.4) is 0 Å². The molecule has 0 aliphatic carbocycles. The van der Waals surface area contributed by atoms with Gasteiger partial charge in [0.1, 0.15) is 0 Å². The van der Waals surface area contributed by atoms with Gasteiger partial charge < -0.3 is 4.42 Å². The number of rotatable bonds is 5. The smallest absolute Gasteiger partial charge is 0.215 e. The van der Waals surface area contributed by atoms with E-state index in [1.165, 1.54) is 6.26 Å². The summed E-state index contributed by atoms with van der Waals surface area (Å²) >= 11 is 0. The lowest BCUT2D eigenvalue weighted by Crippen LogP contribution is -2.37. The Labute approximate surface area is 107 Å². The topological polar surface area (TPSA) is 33.5 Å². The minimum absolute atomic E-state index is 0.0221. The number of likely N-dealkylation sites (N-methyl/N-ethyl adjacent to an activating group) is 1. The van der Waals surface area contributed by atoms with E-state index in [2.05, 4.69) is 0 Å². The summed E-state index contributed by atoms with van der Waals surface area (Å²) in [5.74, 6) is 0.443. The molecule has 0 spiro atoms. The van der Waals surface area contributed by atoms with Gasteiger partial charge in [0.25, 0.3) is 0 Å². The molecule has 1 aromatic carbocycles. The fraction of sp³-hybridized carbons (Fsp3) is 0.267. The molecular weight excluding hydrogens is 226 g/mol. The molecule has 3 heteroatoms. The zero-order valence-corrected chi connectivity index (χ0v) is 10.7. The maximum absolute atomic E-state index is 12.3. The highest BCUT2D eigenvalue weighted by atomic mass is 16.3. The molecule has 0 fully saturated rings. The molecule has 1 atom stereocenters. The molecule has 1 heterocycles. The van der Waals surface area contributed by atoms with Crippen molar-refractivity contribution < 1.29 is 9.21 Å². The van der Waals surface area contributed by atoms with Crippen molar-refractivity contribution in [2.24, 2.45) is 0 Å². The van der Waals surface area contributed by atoms with E-state index in [9.17, 15) is 4.79 Å². The first kappa shape index (κ1) is 12.6. The number of hydrogen-bond acceptors (Lipinski definition) is 3. The van der Waals surface area contributed by atoms with Crippen molar-refractivity contribution in [2.45, 2.75) is 12.5 Å². The molecule has 0 unspecified atom stereocenters. The van der Waals surface area contributed by atoms with Gasteiger partial charge in [-0.25, -0.2) is 0 Å². The summed E-state index contributed by atoms with van der Waals surface area (Å²) in [4.78, 5) is 14.2. The van der Waals surface area contributed by atoms with Gasteiger partial charge in [0.15, 0.2) is 5.76 Å². The minimum Gasteiger partial charge on any atom is -0.461 e. The quantitative estimate of drug-likeness (QED) is 0.757. The second-order valence-corrected chi connectivity index (χ2v) is 4.51. The minimum atomic E-state index is -0.196. The van der Waals surface area contributed by atoms with E-state index in [1.807, 2.05) is 49.3 Å². The van der Waals surface area contributed by atoms with Crippen LogP contribution >= 0.6 is 0 Å². The van der Waals surface area contributed by atoms with Gasteiger partial charge in [0.05, 0.1) is 12.3 Å². The highest BCUT2D eigenvalue weighted by molar-refractivity contribution is 5.97. The lowest BCUT2D eigenvalue weighted by atomic mass is 10.0. The van der Waals surface area contributed by atoms with Gasteiger partial charge in [-0.15, -0.1) is 0 Å². The van der Waals surface area contributed by atoms with Crippen LogP contribution in [0.25, 0.3) is 0 Å². The van der Waals surface area contributed by atoms with Gasteiger partial charge in [-0.05, 0) is 38.2 Å². The zero-order valence-electron chi connectivity index (χ0n) is 10.7. The highest BCUT2D eigenvalue weighted by Gasteiger charge is 2.24. The van der Waals surface area contributed by atoms with Crippen LogP contribution in [0.4, 0.5) is 0 Å². The number of Topliss-reactive ketones (excluding diaryl/α,β-unsaturated/α-hetero) is 1. The number of hydrogen-bond donors (Lipinski definition) is 0. The van der Waals surface area contributed by atoms with Crippen LogP contribution in [0.5, 0.6) is 0 Å². The van der Waals surface area contributed by atoms with E-state index >= 15 is 0 Å². The normalized spacial score (nSPS) is 12.6. The fourth-order valence-electron chi connectivity index (χ4n) is 1.93. The number of ketones is 1. The Balaban J connectivity index is 2.17. The van der Waals surface area contributed by atoms with Crippen molar-refractivity contribution in [1.82, 2.24) is 4.90 Å². The van der Waals surface area contributed by atoms with E-state index in [0.717, 1.165) is 5.56 Å². The second-order valence-electron chi connectivity index (χ2n) is 4.51. The van der Waals surface area contributed by atoms with Crippen LogP contribution in [0.15, 0.2) is 53.1 Å². The molecule has 0 saturated heterocycles. The van der Waals surface area contributed by atoms with Crippen molar-refractivity contribution in [3.8, 4) is 0 Å². The Bertz CT molecular complexity index is 488. The van der Waals surface area contributed by atoms with Crippen molar-refractivity contribution >= 4 is 5.78 Å². The van der Waals surface area contributed by atoms with Gasteiger partial charge in [-0.2, -0.15) is 0 Å². The van der Waals surface area contributed by atoms with E-state index in [-0.39, 0.29) is 11.8 Å². The molecule has 0 aliphatic heterocycles. The zero-order chi connectivity index (χ0) is 13.0. The number of carbonyl (C=O) groups is 1. The number of nitrogens with zero attached hydrogens (tertiary/aromatic N) is 1. The number of furan rings is 1. The number of carbonyl (C=O) groups excluding carboxylic acids is 1. The Morgan fingerprint density at radius 2 is 1.89 bits per heavy atom. The monoisotopic (exact) mass is 243 g/mol. The molecule has 0 radical (unpaired) electrons. The average Bonchev–Trinajstić information content (AvgIpc) is 2.90. The summed E-state index contributed by atoms with van der Waals surface area (Å²) in [6.07, 6.45) is 2.22. The van der Waals surface area contributed by atoms with E-state index in [1.54, 1.807) is 12.1 Å². The molecule has 1 aromatic heterocycles. The van der Waals surface area contributed by atoms with Gasteiger partial charge >= 0.3 is 0 Å². The summed E-state index contributed by atoms with van der Waals surface area (Å²) in [6, 6.07) is 13.3. The molecular formula is C15H17NO2. The van der Waals surface area contributed by atoms with Gasteiger partial charge in [0.2, 0.25) is 5.78 Å². The van der Waals surface area contributed by atoms with E-state index in [0.29, 0.717) is 12.2 Å². The molecule has 3 nitrogen and oxygen atoms in total. The van der Waals surface area contributed by atoms with Gasteiger partial charge in [-0.3, -0.25) is 9.69 Å². The molecule has 2 aromatic rings. The van der Waals surface area contributed by atoms with Gasteiger partial charge in [0, 0.05) is 0 Å². The van der Waals surface area contributed by atoms with E-state index in [4.69, 9.17) is 4.42 Å². The van der Waals surface area contributed by atoms with Crippen LogP contribution in [-0.4, -0.2) is 30.8 Å². The average molecular weight is 243 g/mol. The third-order valence-electron chi connectivity index (χ3n) is 2.96. The molecule has 2 rings (SSSR count). The van der Waals surface area contributed by atoms with Crippen LogP contribution in [0.1, 0.15) is 16.1 Å². The SMILES string of the molecule is CN(C)[C@H](Cc1ccccc1)C(=O)c1ccco1. The fourth-order valence-corrected chi connectivity index (χ4v) is 1.93. The predicted octanol–water partition coefficient (Wildman–Crippen LogP) is 2.64. The molecule has 18 heavy (non-hydrogen) atoms. The maximum Gasteiger partial charge on any atom is 0.215 e. The lowest BCUT2D eigenvalue weighted by molar-refractivity contribution is 0.0846. The van der Waals surface area contributed by atoms with Crippen molar-refractivity contribution in [1.29, 1.82) is 0 Å². The van der Waals surface area contributed by atoms with E-state index < -0.39 is 0 Å². The Kier molecular flexibility index (Phi) is 3.95.